The van der Waals surface area contributed by atoms with E-state index in [4.69, 9.17) is 15.2 Å². The van der Waals surface area contributed by atoms with Crippen LogP contribution in [0.5, 0.6) is 5.75 Å². The van der Waals surface area contributed by atoms with Crippen LogP contribution in [-0.2, 0) is 11.3 Å². The Kier molecular flexibility index (Phi) is 5.06. The molecule has 21 heavy (non-hydrogen) atoms. The largest absolute Gasteiger partial charge is 0.491 e. The van der Waals surface area contributed by atoms with Crippen molar-refractivity contribution in [2.75, 3.05) is 18.2 Å². The molecule has 0 fully saturated rings. The van der Waals surface area contributed by atoms with Gasteiger partial charge in [0.25, 0.3) is 0 Å². The van der Waals surface area contributed by atoms with Crippen LogP contribution in [0.1, 0.15) is 19.4 Å². The van der Waals surface area contributed by atoms with Gasteiger partial charge in [-0.3, -0.25) is 0 Å². The molecule has 4 nitrogen and oxygen atoms in total. The summed E-state index contributed by atoms with van der Waals surface area (Å²) in [5.41, 5.74) is 9.61. The molecule has 0 spiro atoms. The van der Waals surface area contributed by atoms with Crippen molar-refractivity contribution in [2.24, 2.45) is 0 Å². The lowest BCUT2D eigenvalue weighted by Crippen LogP contribution is -2.06. The summed E-state index contributed by atoms with van der Waals surface area (Å²) < 4.78 is 10.8. The fraction of sp³-hybridized carbons (Fsp3) is 0.294. The average Bonchev–Trinajstić information content (AvgIpc) is 2.37. The molecule has 2 aromatic rings. The lowest BCUT2D eigenvalue weighted by Gasteiger charge is -2.14. The number of ether oxygens (including phenoxy) is 2. The second-order valence-corrected chi connectivity index (χ2v) is 5.22. The van der Waals surface area contributed by atoms with E-state index in [1.807, 2.05) is 50.2 Å². The van der Waals surface area contributed by atoms with Crippen LogP contribution in [0, 0.1) is 0 Å². The Hall–Kier alpha value is -2.20. The first-order valence-corrected chi connectivity index (χ1v) is 6.99. The van der Waals surface area contributed by atoms with Crippen molar-refractivity contribution in [1.82, 2.24) is 0 Å². The van der Waals surface area contributed by atoms with Crippen LogP contribution in [0.25, 0.3) is 0 Å². The average molecular weight is 286 g/mol. The van der Waals surface area contributed by atoms with Gasteiger partial charge in [0.2, 0.25) is 0 Å². The minimum absolute atomic E-state index is 0.115. The number of nitrogens with two attached hydrogens (primary N) is 1. The SMILES string of the molecule is COCc1cccc(Nc2cc(N)cc(OC(C)C)c2)c1. The van der Waals surface area contributed by atoms with Crippen molar-refractivity contribution >= 4 is 17.1 Å². The van der Waals surface area contributed by atoms with Crippen LogP contribution in [0.4, 0.5) is 17.1 Å². The highest BCUT2D eigenvalue weighted by molar-refractivity contribution is 5.66. The molecule has 0 atom stereocenters. The number of rotatable bonds is 6. The fourth-order valence-corrected chi connectivity index (χ4v) is 2.11. The standard InChI is InChI=1S/C17H22N2O2/c1-12(2)21-17-9-14(18)8-16(10-17)19-15-6-4-5-13(7-15)11-20-3/h4-10,12,19H,11,18H2,1-3H3. The molecule has 0 heterocycles. The topological polar surface area (TPSA) is 56.5 Å². The normalized spacial score (nSPS) is 10.7. The van der Waals surface area contributed by atoms with E-state index in [0.29, 0.717) is 12.3 Å². The maximum Gasteiger partial charge on any atom is 0.123 e. The molecule has 4 heteroatoms. The Morgan fingerprint density at radius 1 is 1.10 bits per heavy atom. The van der Waals surface area contributed by atoms with Crippen LogP contribution >= 0.6 is 0 Å². The third kappa shape index (κ3) is 4.68. The van der Waals surface area contributed by atoms with Crippen LogP contribution in [0.3, 0.4) is 0 Å². The van der Waals surface area contributed by atoms with E-state index < -0.39 is 0 Å². The van der Waals surface area contributed by atoms with Gasteiger partial charge in [-0.15, -0.1) is 0 Å². The zero-order valence-electron chi connectivity index (χ0n) is 12.7. The molecule has 0 aliphatic carbocycles. The van der Waals surface area contributed by atoms with E-state index in [1.165, 1.54) is 0 Å². The van der Waals surface area contributed by atoms with Gasteiger partial charge in [-0.2, -0.15) is 0 Å². The van der Waals surface area contributed by atoms with Gasteiger partial charge in [0.1, 0.15) is 5.75 Å². The van der Waals surface area contributed by atoms with Crippen LogP contribution in [0.2, 0.25) is 0 Å². The molecule has 0 aromatic heterocycles. The first-order valence-electron chi connectivity index (χ1n) is 6.99. The number of hydrogen-bond donors (Lipinski definition) is 2. The van der Waals surface area contributed by atoms with Crippen molar-refractivity contribution in [3.8, 4) is 5.75 Å². The Balaban J connectivity index is 2.18. The molecule has 112 valence electrons. The highest BCUT2D eigenvalue weighted by Gasteiger charge is 2.03. The molecule has 0 aliphatic heterocycles. The predicted octanol–water partition coefficient (Wildman–Crippen LogP) is 3.95. The second kappa shape index (κ2) is 6.99. The predicted molar refractivity (Wildman–Crippen MR) is 87.1 cm³/mol. The fourth-order valence-electron chi connectivity index (χ4n) is 2.11. The van der Waals surface area contributed by atoms with Gasteiger partial charge in [0, 0.05) is 36.3 Å². The molecule has 0 saturated carbocycles. The maximum atomic E-state index is 5.93. The van der Waals surface area contributed by atoms with E-state index >= 15 is 0 Å². The third-order valence-electron chi connectivity index (χ3n) is 2.83. The smallest absolute Gasteiger partial charge is 0.123 e. The quantitative estimate of drug-likeness (QED) is 0.790. The lowest BCUT2D eigenvalue weighted by atomic mass is 10.2. The number of nitrogen functional groups attached to an aromatic ring is 1. The Morgan fingerprint density at radius 3 is 2.62 bits per heavy atom. The zero-order chi connectivity index (χ0) is 15.2. The lowest BCUT2D eigenvalue weighted by molar-refractivity contribution is 0.185. The summed E-state index contributed by atoms with van der Waals surface area (Å²) in [7, 11) is 1.69. The number of nitrogens with one attached hydrogen (secondary N) is 1. The first kappa shape index (κ1) is 15.2. The maximum absolute atomic E-state index is 5.93. The van der Waals surface area contributed by atoms with Gasteiger partial charge in [-0.05, 0) is 37.6 Å². The summed E-state index contributed by atoms with van der Waals surface area (Å²) in [6, 6.07) is 13.7. The summed E-state index contributed by atoms with van der Waals surface area (Å²) in [6.45, 7) is 4.57. The van der Waals surface area contributed by atoms with Crippen LogP contribution in [0.15, 0.2) is 42.5 Å². The molecular formula is C17H22N2O2. The highest BCUT2D eigenvalue weighted by atomic mass is 16.5. The molecule has 0 amide bonds. The molecule has 0 unspecified atom stereocenters. The number of benzene rings is 2. The molecule has 3 N–H and O–H groups in total. The molecule has 0 radical (unpaired) electrons. The molecule has 2 rings (SSSR count). The second-order valence-electron chi connectivity index (χ2n) is 5.22. The van der Waals surface area contributed by atoms with Gasteiger partial charge in [-0.1, -0.05) is 12.1 Å². The van der Waals surface area contributed by atoms with Gasteiger partial charge in [0.15, 0.2) is 0 Å². The molecule has 0 saturated heterocycles. The van der Waals surface area contributed by atoms with Crippen molar-refractivity contribution in [3.63, 3.8) is 0 Å². The summed E-state index contributed by atoms with van der Waals surface area (Å²) in [5.74, 6) is 0.764. The van der Waals surface area contributed by atoms with Crippen molar-refractivity contribution in [1.29, 1.82) is 0 Å². The molecule has 2 aromatic carbocycles. The van der Waals surface area contributed by atoms with Gasteiger partial charge < -0.3 is 20.5 Å². The number of methoxy groups -OCH3 is 1. The third-order valence-corrected chi connectivity index (χ3v) is 2.83. The summed E-state index contributed by atoms with van der Waals surface area (Å²) in [6.07, 6.45) is 0.115. The van der Waals surface area contributed by atoms with Gasteiger partial charge in [0.05, 0.1) is 12.7 Å². The zero-order valence-corrected chi connectivity index (χ0v) is 12.7. The van der Waals surface area contributed by atoms with E-state index in [1.54, 1.807) is 7.11 Å². The van der Waals surface area contributed by atoms with E-state index in [0.717, 1.165) is 22.7 Å². The highest BCUT2D eigenvalue weighted by Crippen LogP contribution is 2.26. The molecule has 0 aliphatic rings. The van der Waals surface area contributed by atoms with Crippen LogP contribution < -0.4 is 15.8 Å². The van der Waals surface area contributed by atoms with E-state index in [-0.39, 0.29) is 6.10 Å². The molecule has 0 bridgehead atoms. The summed E-state index contributed by atoms with van der Waals surface area (Å²) >= 11 is 0. The van der Waals surface area contributed by atoms with E-state index in [9.17, 15) is 0 Å². The monoisotopic (exact) mass is 286 g/mol. The Morgan fingerprint density at radius 2 is 1.90 bits per heavy atom. The summed E-state index contributed by atoms with van der Waals surface area (Å²) in [4.78, 5) is 0. The van der Waals surface area contributed by atoms with E-state index in [2.05, 4.69) is 11.4 Å². The minimum Gasteiger partial charge on any atom is -0.491 e. The van der Waals surface area contributed by atoms with Crippen molar-refractivity contribution in [2.45, 2.75) is 26.6 Å². The van der Waals surface area contributed by atoms with Crippen LogP contribution in [-0.4, -0.2) is 13.2 Å². The number of hydrogen-bond acceptors (Lipinski definition) is 4. The van der Waals surface area contributed by atoms with Crippen molar-refractivity contribution in [3.05, 3.63) is 48.0 Å². The summed E-state index contributed by atoms with van der Waals surface area (Å²) in [5, 5.41) is 3.34. The minimum atomic E-state index is 0.115. The van der Waals surface area contributed by atoms with Gasteiger partial charge >= 0.3 is 0 Å². The number of anilines is 3. The molecular weight excluding hydrogens is 264 g/mol. The van der Waals surface area contributed by atoms with Gasteiger partial charge in [-0.25, -0.2) is 0 Å². The Labute approximate surface area is 125 Å². The Bertz CT molecular complexity index is 597. The first-order chi connectivity index (χ1) is 10.1. The van der Waals surface area contributed by atoms with Crippen molar-refractivity contribution < 1.29 is 9.47 Å².